The van der Waals surface area contributed by atoms with E-state index in [-0.39, 0.29) is 25.7 Å². The van der Waals surface area contributed by atoms with Crippen LogP contribution in [0.4, 0.5) is 0 Å². The monoisotopic (exact) mass is 1580 g/mol. The molecule has 0 aliphatic heterocycles. The Balaban J connectivity index is 5.23. The van der Waals surface area contributed by atoms with Gasteiger partial charge in [-0.05, 0) is 43.4 Å². The molecule has 0 saturated carbocycles. The lowest BCUT2D eigenvalue weighted by atomic mass is 9.99. The number of carbonyl (C=O) groups excluding carboxylic acids is 4. The Morgan fingerprint density at radius 2 is 0.472 bits per heavy atom. The number of aliphatic hydroxyl groups excluding tert-OH is 1. The van der Waals surface area contributed by atoms with Gasteiger partial charge < -0.3 is 33.8 Å². The van der Waals surface area contributed by atoms with E-state index in [0.717, 1.165) is 114 Å². The maximum Gasteiger partial charge on any atom is 0.472 e. The van der Waals surface area contributed by atoms with Crippen LogP contribution in [0.5, 0.6) is 0 Å². The minimum atomic E-state index is -4.97. The van der Waals surface area contributed by atoms with Crippen molar-refractivity contribution < 1.29 is 80.2 Å². The maximum atomic E-state index is 13.2. The minimum Gasteiger partial charge on any atom is -0.462 e. The van der Waals surface area contributed by atoms with Crippen molar-refractivity contribution in [3.63, 3.8) is 0 Å². The molecule has 19 heteroatoms. The van der Waals surface area contributed by atoms with E-state index >= 15 is 0 Å². The van der Waals surface area contributed by atoms with Gasteiger partial charge in [0, 0.05) is 25.7 Å². The summed E-state index contributed by atoms with van der Waals surface area (Å²) in [5.74, 6) is 0.280. The number of phosphoric acid groups is 2. The zero-order valence-corrected chi connectivity index (χ0v) is 73.1. The number of rotatable bonds is 87. The van der Waals surface area contributed by atoms with Crippen molar-refractivity contribution >= 4 is 39.5 Å². The lowest BCUT2D eigenvalue weighted by Crippen LogP contribution is -2.30. The predicted octanol–water partition coefficient (Wildman–Crippen LogP) is 27.3. The lowest BCUT2D eigenvalue weighted by molar-refractivity contribution is -0.161. The number of hydrogen-bond donors (Lipinski definition) is 3. The van der Waals surface area contributed by atoms with Gasteiger partial charge >= 0.3 is 39.5 Å². The van der Waals surface area contributed by atoms with Crippen LogP contribution < -0.4 is 0 Å². The second kappa shape index (κ2) is 78.9. The first kappa shape index (κ1) is 106. The molecule has 0 aromatic rings. The Morgan fingerprint density at radius 3 is 0.704 bits per heavy atom. The highest BCUT2D eigenvalue weighted by molar-refractivity contribution is 7.47. The van der Waals surface area contributed by atoms with Crippen molar-refractivity contribution in [2.45, 2.75) is 491 Å². The molecule has 0 aromatic heterocycles. The Labute approximate surface area is 664 Å². The molecule has 0 bridgehead atoms. The van der Waals surface area contributed by atoms with Gasteiger partial charge in [0.2, 0.25) is 0 Å². The van der Waals surface area contributed by atoms with Crippen LogP contribution in [0.3, 0.4) is 0 Å². The van der Waals surface area contributed by atoms with Crippen LogP contribution in [0.1, 0.15) is 472 Å². The van der Waals surface area contributed by atoms with Gasteiger partial charge in [-0.15, -0.1) is 0 Å². The Hall–Kier alpha value is -1.94. The van der Waals surface area contributed by atoms with Gasteiger partial charge in [0.15, 0.2) is 12.2 Å². The molecule has 0 heterocycles. The highest BCUT2D eigenvalue weighted by Gasteiger charge is 2.31. The molecule has 0 rings (SSSR count). The Bertz CT molecular complexity index is 2080. The first-order valence-electron chi connectivity index (χ1n) is 45.9. The normalized spacial score (nSPS) is 14.3. The van der Waals surface area contributed by atoms with E-state index in [0.29, 0.717) is 25.7 Å². The third kappa shape index (κ3) is 79.3. The summed E-state index contributed by atoms with van der Waals surface area (Å²) in [4.78, 5) is 73.3. The van der Waals surface area contributed by atoms with Crippen LogP contribution in [0.2, 0.25) is 0 Å². The average Bonchev–Trinajstić information content (AvgIpc) is 0.896. The summed E-state index contributed by atoms with van der Waals surface area (Å²) in [6.07, 6.45) is 70.9. The molecular weight excluding hydrogens is 1400 g/mol. The number of unbranched alkanes of at least 4 members (excludes halogenated alkanes) is 53. The molecule has 0 amide bonds. The summed E-state index contributed by atoms with van der Waals surface area (Å²) in [6.45, 7) is 12.0. The van der Waals surface area contributed by atoms with E-state index in [4.69, 9.17) is 37.0 Å². The summed E-state index contributed by atoms with van der Waals surface area (Å²) >= 11 is 0. The van der Waals surface area contributed by atoms with Crippen molar-refractivity contribution in [2.75, 3.05) is 39.6 Å². The fourth-order valence-corrected chi connectivity index (χ4v) is 15.4. The van der Waals surface area contributed by atoms with Crippen LogP contribution in [-0.2, 0) is 65.4 Å². The van der Waals surface area contributed by atoms with Gasteiger partial charge in [-0.2, -0.15) is 0 Å². The molecule has 0 fully saturated rings. The number of carbonyl (C=O) groups is 4. The van der Waals surface area contributed by atoms with Crippen LogP contribution in [0.25, 0.3) is 0 Å². The van der Waals surface area contributed by atoms with E-state index < -0.39 is 97.5 Å². The van der Waals surface area contributed by atoms with Gasteiger partial charge in [-0.25, -0.2) is 9.13 Å². The minimum absolute atomic E-state index is 0.107. The maximum absolute atomic E-state index is 13.2. The summed E-state index contributed by atoms with van der Waals surface area (Å²) in [6, 6.07) is 0. The zero-order valence-electron chi connectivity index (χ0n) is 71.3. The zero-order chi connectivity index (χ0) is 79.3. The standard InChI is InChI=1S/C89H174O17P2/c1-8-11-12-13-14-15-16-17-18-19-20-21-22-23-24-27-34-39-44-49-58-65-72-88(93)105-84(76-99-86(91)70-63-56-48-43-38-33-28-25-26-31-36-41-46-53-60-67-80(4)5)78-103-107(95,96)101-74-83(90)75-102-108(97,98)104-79-85(77-100-87(92)71-64-57-52-51-55-62-69-82(7)10-3)106-89(94)73-66-59-50-45-40-35-30-29-32-37-42-47-54-61-68-81(6)9-2/h80-85,90H,8-79H2,1-7H3,(H,95,96)(H,97,98)/t81?,82?,83-,84-,85-/m1/s1. The van der Waals surface area contributed by atoms with E-state index in [2.05, 4.69) is 48.5 Å². The molecule has 642 valence electrons. The summed E-state index contributed by atoms with van der Waals surface area (Å²) in [5, 5.41) is 10.7. The van der Waals surface area contributed by atoms with Crippen LogP contribution in [-0.4, -0.2) is 96.7 Å². The second-order valence-electron chi connectivity index (χ2n) is 32.9. The van der Waals surface area contributed by atoms with Crippen molar-refractivity contribution in [3.05, 3.63) is 0 Å². The molecule has 4 unspecified atom stereocenters. The molecule has 17 nitrogen and oxygen atoms in total. The number of hydrogen-bond acceptors (Lipinski definition) is 15. The third-order valence-corrected chi connectivity index (χ3v) is 23.5. The SMILES string of the molecule is CCCCCCCCCCCCCCCCCCCCCCCCC(=O)O[C@H](COC(=O)CCCCCCCCCCCCCCCCCC(C)C)COP(=O)(O)OC[C@@H](O)COP(=O)(O)OC[C@@H](COC(=O)CCCCCCCCC(C)CC)OC(=O)CCCCCCCCCCCCCCCCC(C)CC. The van der Waals surface area contributed by atoms with Gasteiger partial charge in [0.05, 0.1) is 26.4 Å². The van der Waals surface area contributed by atoms with E-state index in [9.17, 15) is 43.2 Å². The molecule has 0 saturated heterocycles. The van der Waals surface area contributed by atoms with Gasteiger partial charge in [-0.3, -0.25) is 37.3 Å². The van der Waals surface area contributed by atoms with Crippen LogP contribution >= 0.6 is 15.6 Å². The molecule has 0 spiro atoms. The molecule has 0 radical (unpaired) electrons. The molecule has 3 N–H and O–H groups in total. The highest BCUT2D eigenvalue weighted by atomic mass is 31.2. The van der Waals surface area contributed by atoms with Crippen molar-refractivity contribution in [3.8, 4) is 0 Å². The fourth-order valence-electron chi connectivity index (χ4n) is 13.8. The average molecular weight is 1580 g/mol. The lowest BCUT2D eigenvalue weighted by Gasteiger charge is -2.21. The van der Waals surface area contributed by atoms with Crippen molar-refractivity contribution in [1.29, 1.82) is 0 Å². The molecular formula is C89H174O17P2. The quantitative estimate of drug-likeness (QED) is 0.0222. The molecule has 0 aliphatic rings. The Morgan fingerprint density at radius 1 is 0.269 bits per heavy atom. The first-order valence-corrected chi connectivity index (χ1v) is 48.9. The summed E-state index contributed by atoms with van der Waals surface area (Å²) in [5.41, 5.74) is 0. The van der Waals surface area contributed by atoms with E-state index in [1.54, 1.807) is 0 Å². The number of esters is 4. The predicted molar refractivity (Wildman–Crippen MR) is 446 cm³/mol. The third-order valence-electron chi connectivity index (χ3n) is 21.6. The summed E-state index contributed by atoms with van der Waals surface area (Å²) < 4.78 is 69.0. The van der Waals surface area contributed by atoms with Crippen LogP contribution in [0, 0.1) is 17.8 Å². The topological polar surface area (TPSA) is 237 Å². The van der Waals surface area contributed by atoms with Crippen molar-refractivity contribution in [2.24, 2.45) is 17.8 Å². The van der Waals surface area contributed by atoms with E-state index in [1.165, 1.54) is 276 Å². The Kier molecular flexibility index (Phi) is 77.5. The van der Waals surface area contributed by atoms with Gasteiger partial charge in [-0.1, -0.05) is 421 Å². The fraction of sp³-hybridized carbons (Fsp3) is 0.955. The highest BCUT2D eigenvalue weighted by Crippen LogP contribution is 2.45. The number of aliphatic hydroxyl groups is 1. The summed E-state index contributed by atoms with van der Waals surface area (Å²) in [7, 11) is -9.93. The van der Waals surface area contributed by atoms with E-state index in [1.807, 2.05) is 0 Å². The number of phosphoric ester groups is 2. The van der Waals surface area contributed by atoms with Gasteiger partial charge in [0.25, 0.3) is 0 Å². The van der Waals surface area contributed by atoms with Gasteiger partial charge in [0.1, 0.15) is 19.3 Å². The molecule has 108 heavy (non-hydrogen) atoms. The molecule has 0 aromatic carbocycles. The molecule has 0 aliphatic carbocycles. The largest absolute Gasteiger partial charge is 0.472 e. The smallest absolute Gasteiger partial charge is 0.462 e. The van der Waals surface area contributed by atoms with Crippen LogP contribution in [0.15, 0.2) is 0 Å². The second-order valence-corrected chi connectivity index (χ2v) is 35.9. The van der Waals surface area contributed by atoms with Crippen molar-refractivity contribution in [1.82, 2.24) is 0 Å². The molecule has 7 atom stereocenters. The number of ether oxygens (including phenoxy) is 4. The first-order chi connectivity index (χ1) is 52.3.